The molecule has 0 aliphatic heterocycles. The smallest absolute Gasteiger partial charge is 0.0366 e. The Morgan fingerprint density at radius 1 is 0.265 bits per heavy atom. The van der Waals surface area contributed by atoms with E-state index < -0.39 is 0 Å². The quantitative estimate of drug-likeness (QED) is 0.0622. The van der Waals surface area contributed by atoms with Crippen molar-refractivity contribution in [3.63, 3.8) is 0 Å². The van der Waals surface area contributed by atoms with Crippen LogP contribution in [0.15, 0.2) is 30.3 Å². The largest absolute Gasteiger partial charge is 0.372 e. The van der Waals surface area contributed by atoms with Crippen LogP contribution >= 0.6 is 0 Å². The normalized spacial score (nSPS) is 11.5. The molecule has 0 aromatic heterocycles. The van der Waals surface area contributed by atoms with E-state index in [0.717, 1.165) is 0 Å². The molecule has 0 heterocycles. The van der Waals surface area contributed by atoms with E-state index in [1.165, 1.54) is 263 Å². The van der Waals surface area contributed by atoms with Crippen LogP contribution < -0.4 is 4.90 Å². The van der Waals surface area contributed by atoms with Crippen LogP contribution in [0.4, 0.5) is 5.69 Å². The summed E-state index contributed by atoms with van der Waals surface area (Å²) in [6.07, 6.45) is 55.2. The number of unbranched alkanes of at least 4 members (excludes halogenated alkanes) is 36. The van der Waals surface area contributed by atoms with Gasteiger partial charge in [-0.3, -0.25) is 0 Å². The average Bonchev–Trinajstić information content (AvgIpc) is 3.13. The van der Waals surface area contributed by atoms with E-state index in [2.05, 4.69) is 49.1 Å². The first-order valence-corrected chi connectivity index (χ1v) is 23.2. The van der Waals surface area contributed by atoms with Crippen LogP contribution in [-0.4, -0.2) is 13.1 Å². The third-order valence-corrected chi connectivity index (χ3v) is 11.2. The molecule has 0 atom stereocenters. The third-order valence-electron chi connectivity index (χ3n) is 11.2. The molecule has 0 N–H and O–H groups in total. The molecular weight excluding hydrogens is 591 g/mol. The minimum atomic E-state index is 1.24. The molecule has 0 fully saturated rings. The Labute approximate surface area is 311 Å². The predicted molar refractivity (Wildman–Crippen MR) is 225 cm³/mol. The summed E-state index contributed by atoms with van der Waals surface area (Å²) in [7, 11) is 0. The van der Waals surface area contributed by atoms with Crippen LogP contribution in [0.3, 0.4) is 0 Å². The van der Waals surface area contributed by atoms with Gasteiger partial charge in [0.15, 0.2) is 0 Å². The Hall–Kier alpha value is -0.980. The lowest BCUT2D eigenvalue weighted by Gasteiger charge is -2.25. The SMILES string of the molecule is CCCCCCCCCCCCCCCCCCCCCCN(CCCCCCCCCCCCCCCCCCCC)c1ccccc1. The van der Waals surface area contributed by atoms with Crippen molar-refractivity contribution in [2.45, 2.75) is 258 Å². The molecule has 288 valence electrons. The fourth-order valence-corrected chi connectivity index (χ4v) is 7.77. The Kier molecular flexibility index (Phi) is 37.4. The molecule has 0 aliphatic rings. The maximum Gasteiger partial charge on any atom is 0.0366 e. The zero-order chi connectivity index (χ0) is 35.0. The third kappa shape index (κ3) is 33.9. The minimum absolute atomic E-state index is 1.24. The minimum Gasteiger partial charge on any atom is -0.372 e. The summed E-state index contributed by atoms with van der Waals surface area (Å²) < 4.78 is 0. The molecule has 1 nitrogen and oxygen atoms in total. The van der Waals surface area contributed by atoms with Gasteiger partial charge in [0.25, 0.3) is 0 Å². The first-order chi connectivity index (χ1) is 24.4. The second-order valence-corrected chi connectivity index (χ2v) is 16.1. The van der Waals surface area contributed by atoms with E-state index in [9.17, 15) is 0 Å². The lowest BCUT2D eigenvalue weighted by atomic mass is 10.0. The van der Waals surface area contributed by atoms with Crippen LogP contribution in [-0.2, 0) is 0 Å². The van der Waals surface area contributed by atoms with Gasteiger partial charge in [-0.15, -0.1) is 0 Å². The number of para-hydroxylation sites is 1. The lowest BCUT2D eigenvalue weighted by molar-refractivity contribution is 0.519. The van der Waals surface area contributed by atoms with Gasteiger partial charge >= 0.3 is 0 Å². The summed E-state index contributed by atoms with van der Waals surface area (Å²) in [6, 6.07) is 11.2. The van der Waals surface area contributed by atoms with Crippen molar-refractivity contribution in [1.82, 2.24) is 0 Å². The second kappa shape index (κ2) is 39.8. The van der Waals surface area contributed by atoms with E-state index in [-0.39, 0.29) is 0 Å². The van der Waals surface area contributed by atoms with Crippen molar-refractivity contribution in [2.24, 2.45) is 0 Å². The Balaban J connectivity index is 1.91. The van der Waals surface area contributed by atoms with Gasteiger partial charge in [0.2, 0.25) is 0 Å². The van der Waals surface area contributed by atoms with Gasteiger partial charge < -0.3 is 4.90 Å². The Morgan fingerprint density at radius 3 is 0.694 bits per heavy atom. The topological polar surface area (TPSA) is 3.24 Å². The highest BCUT2D eigenvalue weighted by molar-refractivity contribution is 5.45. The first-order valence-electron chi connectivity index (χ1n) is 23.2. The van der Waals surface area contributed by atoms with E-state index in [4.69, 9.17) is 0 Å². The maximum absolute atomic E-state index is 2.68. The monoisotopic (exact) mass is 682 g/mol. The molecule has 0 saturated carbocycles. The van der Waals surface area contributed by atoms with Crippen molar-refractivity contribution >= 4 is 5.69 Å². The van der Waals surface area contributed by atoms with Gasteiger partial charge in [-0.2, -0.15) is 0 Å². The van der Waals surface area contributed by atoms with Crippen molar-refractivity contribution in [2.75, 3.05) is 18.0 Å². The molecule has 49 heavy (non-hydrogen) atoms. The Morgan fingerprint density at radius 2 is 0.469 bits per heavy atom. The Bertz CT molecular complexity index is 713. The van der Waals surface area contributed by atoms with Gasteiger partial charge in [-0.25, -0.2) is 0 Å². The summed E-state index contributed by atoms with van der Waals surface area (Å²) in [5, 5.41) is 0. The van der Waals surface area contributed by atoms with Crippen LogP contribution in [0.2, 0.25) is 0 Å². The van der Waals surface area contributed by atoms with Gasteiger partial charge in [0, 0.05) is 18.8 Å². The number of hydrogen-bond donors (Lipinski definition) is 0. The molecule has 0 unspecified atom stereocenters. The molecule has 1 rings (SSSR count). The van der Waals surface area contributed by atoms with Crippen LogP contribution in [0.25, 0.3) is 0 Å². The van der Waals surface area contributed by atoms with E-state index in [0.29, 0.717) is 0 Å². The summed E-state index contributed by atoms with van der Waals surface area (Å²) in [4.78, 5) is 2.68. The molecule has 0 spiro atoms. The molecule has 1 aromatic rings. The molecule has 1 heteroatoms. The van der Waals surface area contributed by atoms with Gasteiger partial charge in [-0.05, 0) is 25.0 Å². The number of anilines is 1. The fraction of sp³-hybridized carbons (Fsp3) is 0.875. The number of hydrogen-bond acceptors (Lipinski definition) is 1. The molecule has 0 radical (unpaired) electrons. The fourth-order valence-electron chi connectivity index (χ4n) is 7.77. The van der Waals surface area contributed by atoms with Crippen LogP contribution in [0, 0.1) is 0 Å². The standard InChI is InChI=1S/C48H91N/c1-3-5-7-9-11-13-15-17-19-21-23-24-26-28-30-32-34-36-38-43-47-49(48-44-40-39-41-45-48)46-42-37-35-33-31-29-27-25-22-20-18-16-14-12-10-8-6-4-2/h39-41,44-45H,3-38,42-43,46-47H2,1-2H3. The van der Waals surface area contributed by atoms with Gasteiger partial charge in [-0.1, -0.05) is 263 Å². The van der Waals surface area contributed by atoms with Gasteiger partial charge in [0.05, 0.1) is 0 Å². The molecular formula is C48H91N. The van der Waals surface area contributed by atoms with Crippen LogP contribution in [0.1, 0.15) is 258 Å². The van der Waals surface area contributed by atoms with E-state index in [1.807, 2.05) is 0 Å². The van der Waals surface area contributed by atoms with Crippen molar-refractivity contribution in [1.29, 1.82) is 0 Å². The number of benzene rings is 1. The molecule has 0 bridgehead atoms. The van der Waals surface area contributed by atoms with Crippen LogP contribution in [0.5, 0.6) is 0 Å². The predicted octanol–water partition coefficient (Wildman–Crippen LogP) is 17.4. The zero-order valence-electron chi connectivity index (χ0n) is 34.1. The van der Waals surface area contributed by atoms with Crippen molar-refractivity contribution < 1.29 is 0 Å². The average molecular weight is 682 g/mol. The first kappa shape index (κ1) is 46.0. The van der Waals surface area contributed by atoms with Crippen molar-refractivity contribution in [3.8, 4) is 0 Å². The summed E-state index contributed by atoms with van der Waals surface area (Å²) in [5.74, 6) is 0. The molecule has 1 aromatic carbocycles. The summed E-state index contributed by atoms with van der Waals surface area (Å²) >= 11 is 0. The van der Waals surface area contributed by atoms with E-state index in [1.54, 1.807) is 0 Å². The molecule has 0 aliphatic carbocycles. The maximum atomic E-state index is 2.68. The number of nitrogens with zero attached hydrogens (tertiary/aromatic N) is 1. The number of rotatable bonds is 41. The molecule has 0 saturated heterocycles. The van der Waals surface area contributed by atoms with Crippen molar-refractivity contribution in [3.05, 3.63) is 30.3 Å². The highest BCUT2D eigenvalue weighted by Gasteiger charge is 2.06. The summed E-state index contributed by atoms with van der Waals surface area (Å²) in [5.41, 5.74) is 1.44. The highest BCUT2D eigenvalue weighted by Crippen LogP contribution is 2.19. The van der Waals surface area contributed by atoms with E-state index >= 15 is 0 Å². The zero-order valence-corrected chi connectivity index (χ0v) is 34.1. The lowest BCUT2D eigenvalue weighted by Crippen LogP contribution is -2.25. The molecule has 0 amide bonds. The second-order valence-electron chi connectivity index (χ2n) is 16.1. The van der Waals surface area contributed by atoms with Gasteiger partial charge in [0.1, 0.15) is 0 Å². The highest BCUT2D eigenvalue weighted by atomic mass is 15.1. The summed E-state index contributed by atoms with van der Waals surface area (Å²) in [6.45, 7) is 7.10.